The Morgan fingerprint density at radius 2 is 2.07 bits per heavy atom. The molecule has 3 aliphatic rings. The number of hydrogen-bond donors (Lipinski definition) is 4. The van der Waals surface area contributed by atoms with Crippen LogP contribution in [0.15, 0.2) is 54.2 Å². The highest BCUT2D eigenvalue weighted by Gasteiger charge is 2.33. The normalized spacial score (nSPS) is 21.5. The van der Waals surface area contributed by atoms with E-state index in [1.807, 2.05) is 12.1 Å². The van der Waals surface area contributed by atoms with E-state index in [4.69, 9.17) is 0 Å². The van der Waals surface area contributed by atoms with E-state index in [9.17, 15) is 5.11 Å². The molecule has 6 heteroatoms. The molecule has 2 aromatic rings. The summed E-state index contributed by atoms with van der Waals surface area (Å²) < 4.78 is 0. The van der Waals surface area contributed by atoms with Crippen LogP contribution in [0.2, 0.25) is 0 Å². The summed E-state index contributed by atoms with van der Waals surface area (Å²) in [7, 11) is 2.06. The van der Waals surface area contributed by atoms with Crippen molar-refractivity contribution >= 4 is 17.0 Å². The van der Waals surface area contributed by atoms with E-state index >= 15 is 0 Å². The fourth-order valence-electron chi connectivity index (χ4n) is 4.81. The molecule has 0 radical (unpaired) electrons. The molecule has 0 fully saturated rings. The van der Waals surface area contributed by atoms with Gasteiger partial charge in [-0.15, -0.1) is 5.12 Å². The molecule has 3 heterocycles. The standard InChI is InChI=1S/C24H29N5O/c1-16-24-21-7-6-18(17-8-11-25-12-9-17)14-22(21)23(10-13-29(24)28(2)27-16)26-19-4-3-5-20(30)15-19/h3-8,14-15,23,25-27,30H,9-13H2,1-2H3. The molecular formula is C24H29N5O. The SMILES string of the molecule is CC1=C2c3ccc(C4=CCNCC4)cc3C(Nc3cccc(O)c3)CCN2N(C)N1. The van der Waals surface area contributed by atoms with Crippen molar-refractivity contribution < 1.29 is 5.11 Å². The predicted molar refractivity (Wildman–Crippen MR) is 121 cm³/mol. The quantitative estimate of drug-likeness (QED) is 0.627. The number of fused-ring (bicyclic) bond motifs is 3. The molecule has 0 aliphatic carbocycles. The monoisotopic (exact) mass is 403 g/mol. The first-order valence-corrected chi connectivity index (χ1v) is 10.7. The largest absolute Gasteiger partial charge is 0.508 e. The van der Waals surface area contributed by atoms with Gasteiger partial charge in [0.1, 0.15) is 5.75 Å². The molecule has 156 valence electrons. The van der Waals surface area contributed by atoms with Crippen LogP contribution < -0.4 is 16.1 Å². The summed E-state index contributed by atoms with van der Waals surface area (Å²) in [6, 6.07) is 14.5. The van der Waals surface area contributed by atoms with Crippen molar-refractivity contribution in [3.8, 4) is 5.75 Å². The third-order valence-corrected chi connectivity index (χ3v) is 6.24. The lowest BCUT2D eigenvalue weighted by Gasteiger charge is -2.27. The number of benzene rings is 2. The van der Waals surface area contributed by atoms with E-state index in [2.05, 4.69) is 64.4 Å². The van der Waals surface area contributed by atoms with Gasteiger partial charge in [-0.1, -0.05) is 24.3 Å². The van der Waals surface area contributed by atoms with Gasteiger partial charge in [0.2, 0.25) is 0 Å². The van der Waals surface area contributed by atoms with Gasteiger partial charge >= 0.3 is 0 Å². The minimum absolute atomic E-state index is 0.156. The molecule has 0 amide bonds. The maximum atomic E-state index is 9.92. The Balaban J connectivity index is 1.60. The van der Waals surface area contributed by atoms with E-state index in [0.717, 1.165) is 38.2 Å². The summed E-state index contributed by atoms with van der Waals surface area (Å²) in [5.41, 5.74) is 12.1. The minimum atomic E-state index is 0.156. The number of hydrazine groups is 2. The van der Waals surface area contributed by atoms with E-state index in [1.165, 1.54) is 33.7 Å². The van der Waals surface area contributed by atoms with Crippen molar-refractivity contribution in [1.82, 2.24) is 20.9 Å². The van der Waals surface area contributed by atoms with Crippen LogP contribution in [0.25, 0.3) is 11.3 Å². The van der Waals surface area contributed by atoms with E-state index in [0.29, 0.717) is 0 Å². The van der Waals surface area contributed by atoms with Crippen LogP contribution in [0.1, 0.15) is 42.5 Å². The number of hydrogen-bond acceptors (Lipinski definition) is 6. The van der Waals surface area contributed by atoms with Crippen molar-refractivity contribution in [2.45, 2.75) is 25.8 Å². The fraction of sp³-hybridized carbons (Fsp3) is 0.333. The van der Waals surface area contributed by atoms with Crippen molar-refractivity contribution in [3.05, 3.63) is 70.9 Å². The molecule has 1 atom stereocenters. The number of phenolic OH excluding ortho intramolecular Hbond substituents is 1. The van der Waals surface area contributed by atoms with Gasteiger partial charge in [0.15, 0.2) is 0 Å². The van der Waals surface area contributed by atoms with Crippen LogP contribution in [-0.2, 0) is 0 Å². The molecular weight excluding hydrogens is 374 g/mol. The van der Waals surface area contributed by atoms with Gasteiger partial charge in [-0.3, -0.25) is 5.01 Å². The summed E-state index contributed by atoms with van der Waals surface area (Å²) in [6.45, 7) is 5.01. The topological polar surface area (TPSA) is 62.8 Å². The van der Waals surface area contributed by atoms with Crippen LogP contribution in [-0.4, -0.2) is 41.9 Å². The van der Waals surface area contributed by atoms with Gasteiger partial charge in [0.25, 0.3) is 0 Å². The highest BCUT2D eigenvalue weighted by Crippen LogP contribution is 2.40. The minimum Gasteiger partial charge on any atom is -0.508 e. The molecule has 0 saturated heterocycles. The highest BCUT2D eigenvalue weighted by atomic mass is 16.3. The molecule has 0 bridgehead atoms. The van der Waals surface area contributed by atoms with Crippen molar-refractivity contribution in [1.29, 1.82) is 0 Å². The second kappa shape index (κ2) is 7.70. The molecule has 0 aromatic heterocycles. The van der Waals surface area contributed by atoms with Crippen molar-refractivity contribution in [3.63, 3.8) is 0 Å². The molecule has 4 N–H and O–H groups in total. The van der Waals surface area contributed by atoms with Crippen LogP contribution in [0.4, 0.5) is 5.69 Å². The first-order chi connectivity index (χ1) is 14.6. The number of rotatable bonds is 3. The summed E-state index contributed by atoms with van der Waals surface area (Å²) in [5, 5.41) is 21.4. The zero-order valence-electron chi connectivity index (χ0n) is 17.6. The van der Waals surface area contributed by atoms with Crippen molar-refractivity contribution in [2.75, 3.05) is 32.0 Å². The Morgan fingerprint density at radius 3 is 2.87 bits per heavy atom. The Kier molecular flexibility index (Phi) is 4.89. The molecule has 30 heavy (non-hydrogen) atoms. The molecule has 0 saturated carbocycles. The smallest absolute Gasteiger partial charge is 0.117 e. The molecule has 0 spiro atoms. The Labute approximate surface area is 177 Å². The number of phenols is 1. The lowest BCUT2D eigenvalue weighted by atomic mass is 9.91. The van der Waals surface area contributed by atoms with Crippen LogP contribution >= 0.6 is 0 Å². The molecule has 6 nitrogen and oxygen atoms in total. The number of nitrogens with one attached hydrogen (secondary N) is 3. The molecule has 3 aliphatic heterocycles. The van der Waals surface area contributed by atoms with Gasteiger partial charge in [0.05, 0.1) is 17.4 Å². The van der Waals surface area contributed by atoms with Crippen LogP contribution in [0, 0.1) is 0 Å². The molecule has 1 unspecified atom stereocenters. The maximum absolute atomic E-state index is 9.92. The number of aromatic hydroxyl groups is 1. The Morgan fingerprint density at radius 1 is 1.17 bits per heavy atom. The fourth-order valence-corrected chi connectivity index (χ4v) is 4.81. The van der Waals surface area contributed by atoms with E-state index in [-0.39, 0.29) is 11.8 Å². The van der Waals surface area contributed by atoms with Crippen LogP contribution in [0.5, 0.6) is 5.75 Å². The third-order valence-electron chi connectivity index (χ3n) is 6.24. The third kappa shape index (κ3) is 3.42. The number of allylic oxidation sites excluding steroid dienone is 1. The van der Waals surface area contributed by atoms with E-state index in [1.54, 1.807) is 12.1 Å². The van der Waals surface area contributed by atoms with E-state index < -0.39 is 0 Å². The highest BCUT2D eigenvalue weighted by molar-refractivity contribution is 5.76. The summed E-state index contributed by atoms with van der Waals surface area (Å²) in [4.78, 5) is 0. The lowest BCUT2D eigenvalue weighted by Crippen LogP contribution is -2.40. The Bertz CT molecular complexity index is 1030. The average molecular weight is 404 g/mol. The second-order valence-corrected chi connectivity index (χ2v) is 8.25. The second-order valence-electron chi connectivity index (χ2n) is 8.25. The summed E-state index contributed by atoms with van der Waals surface area (Å²) >= 11 is 0. The number of nitrogens with zero attached hydrogens (tertiary/aromatic N) is 2. The van der Waals surface area contributed by atoms with Crippen LogP contribution in [0.3, 0.4) is 0 Å². The summed E-state index contributed by atoms with van der Waals surface area (Å²) in [5.74, 6) is 0.283. The first-order valence-electron chi connectivity index (χ1n) is 10.7. The van der Waals surface area contributed by atoms with Gasteiger partial charge in [0, 0.05) is 37.5 Å². The number of anilines is 1. The Hall–Kier alpha value is -2.96. The lowest BCUT2D eigenvalue weighted by molar-refractivity contribution is 0.0447. The first kappa shape index (κ1) is 19.0. The molecule has 5 rings (SSSR count). The average Bonchev–Trinajstić information content (AvgIpc) is 2.93. The zero-order chi connectivity index (χ0) is 20.7. The predicted octanol–water partition coefficient (Wildman–Crippen LogP) is 3.68. The van der Waals surface area contributed by atoms with Crippen molar-refractivity contribution in [2.24, 2.45) is 0 Å². The zero-order valence-corrected chi connectivity index (χ0v) is 17.6. The molecule has 2 aromatic carbocycles. The summed E-state index contributed by atoms with van der Waals surface area (Å²) in [6.07, 6.45) is 4.32. The maximum Gasteiger partial charge on any atom is 0.117 e. The van der Waals surface area contributed by atoms with Gasteiger partial charge in [-0.05, 0) is 61.2 Å². The van der Waals surface area contributed by atoms with Gasteiger partial charge in [-0.25, -0.2) is 0 Å². The van der Waals surface area contributed by atoms with Gasteiger partial charge < -0.3 is 21.2 Å². The van der Waals surface area contributed by atoms with Gasteiger partial charge in [-0.2, -0.15) is 0 Å².